The molecule has 98 valence electrons. The van der Waals surface area contributed by atoms with Crippen LogP contribution in [0.4, 0.5) is 5.82 Å². The summed E-state index contributed by atoms with van der Waals surface area (Å²) < 4.78 is 0. The molecular weight excluding hydrogens is 242 g/mol. The van der Waals surface area contributed by atoms with Crippen molar-refractivity contribution in [1.82, 2.24) is 20.5 Å². The van der Waals surface area contributed by atoms with Gasteiger partial charge in [-0.1, -0.05) is 0 Å². The normalized spacial score (nSPS) is 11.7. The lowest BCUT2D eigenvalue weighted by Crippen LogP contribution is -2.27. The van der Waals surface area contributed by atoms with Crippen molar-refractivity contribution < 1.29 is 4.79 Å². The highest BCUT2D eigenvalue weighted by Crippen LogP contribution is 2.11. The van der Waals surface area contributed by atoms with E-state index in [4.69, 9.17) is 0 Å². The highest BCUT2D eigenvalue weighted by molar-refractivity contribution is 5.92. The summed E-state index contributed by atoms with van der Waals surface area (Å²) in [6.45, 7) is 1.91. The molecule has 0 aliphatic rings. The molecule has 0 saturated heterocycles. The highest BCUT2D eigenvalue weighted by atomic mass is 16.2. The van der Waals surface area contributed by atoms with Crippen molar-refractivity contribution in [3.05, 3.63) is 47.9 Å². The van der Waals surface area contributed by atoms with Gasteiger partial charge in [-0.15, -0.1) is 10.2 Å². The zero-order valence-electron chi connectivity index (χ0n) is 10.8. The summed E-state index contributed by atoms with van der Waals surface area (Å²) in [5, 5.41) is 13.4. The molecule has 1 unspecified atom stereocenters. The van der Waals surface area contributed by atoms with Gasteiger partial charge in [0, 0.05) is 19.4 Å². The van der Waals surface area contributed by atoms with E-state index in [1.165, 1.54) is 0 Å². The fourth-order valence-corrected chi connectivity index (χ4v) is 1.59. The Morgan fingerprint density at radius 2 is 1.89 bits per heavy atom. The summed E-state index contributed by atoms with van der Waals surface area (Å²) >= 11 is 0. The molecule has 1 atom stereocenters. The molecule has 0 aromatic carbocycles. The second kappa shape index (κ2) is 5.90. The van der Waals surface area contributed by atoms with E-state index in [9.17, 15) is 4.79 Å². The molecule has 0 fully saturated rings. The molecule has 6 nitrogen and oxygen atoms in total. The van der Waals surface area contributed by atoms with E-state index in [-0.39, 0.29) is 11.9 Å². The van der Waals surface area contributed by atoms with E-state index >= 15 is 0 Å². The summed E-state index contributed by atoms with van der Waals surface area (Å²) in [6, 6.07) is 6.95. The Morgan fingerprint density at radius 3 is 2.47 bits per heavy atom. The van der Waals surface area contributed by atoms with Crippen LogP contribution in [-0.2, 0) is 0 Å². The van der Waals surface area contributed by atoms with Crippen LogP contribution in [0.2, 0.25) is 0 Å². The van der Waals surface area contributed by atoms with Crippen LogP contribution in [-0.4, -0.2) is 28.1 Å². The van der Waals surface area contributed by atoms with Gasteiger partial charge in [-0.2, -0.15) is 0 Å². The van der Waals surface area contributed by atoms with Crippen LogP contribution in [0.1, 0.15) is 29.0 Å². The van der Waals surface area contributed by atoms with Crippen LogP contribution in [0.5, 0.6) is 0 Å². The van der Waals surface area contributed by atoms with E-state index in [0.29, 0.717) is 11.5 Å². The molecule has 1 amide bonds. The second-order valence-corrected chi connectivity index (χ2v) is 4.03. The average Bonchev–Trinajstić information content (AvgIpc) is 2.48. The standard InChI is InChI=1S/C13H15N5O/c1-9(10-5-7-15-8-6-10)16-13(19)11-3-4-12(14-2)18-17-11/h3-9H,1-2H3,(H,14,18)(H,16,19). The summed E-state index contributed by atoms with van der Waals surface area (Å²) in [6.07, 6.45) is 3.39. The molecule has 2 rings (SSSR count). The maximum atomic E-state index is 12.0. The zero-order chi connectivity index (χ0) is 13.7. The van der Waals surface area contributed by atoms with Gasteiger partial charge in [0.05, 0.1) is 6.04 Å². The molecule has 6 heteroatoms. The van der Waals surface area contributed by atoms with E-state index in [2.05, 4.69) is 25.8 Å². The number of nitrogens with one attached hydrogen (secondary N) is 2. The molecule has 2 aromatic rings. The molecule has 0 bridgehead atoms. The summed E-state index contributed by atoms with van der Waals surface area (Å²) in [4.78, 5) is 15.9. The molecule has 2 N–H and O–H groups in total. The van der Waals surface area contributed by atoms with E-state index in [0.717, 1.165) is 5.56 Å². The molecule has 0 spiro atoms. The average molecular weight is 257 g/mol. The molecule has 2 aromatic heterocycles. The van der Waals surface area contributed by atoms with E-state index < -0.39 is 0 Å². The Labute approximate surface area is 111 Å². The predicted octanol–water partition coefficient (Wildman–Crippen LogP) is 1.40. The third-order valence-electron chi connectivity index (χ3n) is 2.71. The van der Waals surface area contributed by atoms with Crippen molar-refractivity contribution in [3.8, 4) is 0 Å². The first kappa shape index (κ1) is 12.9. The number of pyridine rings is 1. The number of carbonyl (C=O) groups excluding carboxylic acids is 1. The van der Waals surface area contributed by atoms with Crippen molar-refractivity contribution in [2.75, 3.05) is 12.4 Å². The number of rotatable bonds is 4. The fourth-order valence-electron chi connectivity index (χ4n) is 1.59. The van der Waals surface area contributed by atoms with Crippen molar-refractivity contribution in [1.29, 1.82) is 0 Å². The van der Waals surface area contributed by atoms with Gasteiger partial charge in [0.25, 0.3) is 5.91 Å². The minimum absolute atomic E-state index is 0.110. The first-order chi connectivity index (χ1) is 9.20. The number of amides is 1. The summed E-state index contributed by atoms with van der Waals surface area (Å²) in [5.74, 6) is 0.373. The highest BCUT2D eigenvalue weighted by Gasteiger charge is 2.12. The van der Waals surface area contributed by atoms with Crippen LogP contribution in [0.15, 0.2) is 36.7 Å². The van der Waals surface area contributed by atoms with Gasteiger partial charge < -0.3 is 10.6 Å². The van der Waals surface area contributed by atoms with Crippen LogP contribution >= 0.6 is 0 Å². The zero-order valence-corrected chi connectivity index (χ0v) is 10.8. The van der Waals surface area contributed by atoms with Gasteiger partial charge in [-0.3, -0.25) is 9.78 Å². The Bertz CT molecular complexity index is 541. The first-order valence-corrected chi connectivity index (χ1v) is 5.93. The van der Waals surface area contributed by atoms with Gasteiger partial charge in [-0.25, -0.2) is 0 Å². The third kappa shape index (κ3) is 3.25. The van der Waals surface area contributed by atoms with Crippen molar-refractivity contribution in [3.63, 3.8) is 0 Å². The number of carbonyl (C=O) groups is 1. The van der Waals surface area contributed by atoms with Crippen molar-refractivity contribution in [2.45, 2.75) is 13.0 Å². The lowest BCUT2D eigenvalue weighted by Gasteiger charge is -2.13. The molecular formula is C13H15N5O. The monoisotopic (exact) mass is 257 g/mol. The summed E-state index contributed by atoms with van der Waals surface area (Å²) in [5.41, 5.74) is 1.28. The smallest absolute Gasteiger partial charge is 0.272 e. The molecule has 0 radical (unpaired) electrons. The number of nitrogens with zero attached hydrogens (tertiary/aromatic N) is 3. The topological polar surface area (TPSA) is 79.8 Å². The van der Waals surface area contributed by atoms with Crippen molar-refractivity contribution in [2.24, 2.45) is 0 Å². The molecule has 19 heavy (non-hydrogen) atoms. The quantitative estimate of drug-likeness (QED) is 0.865. The second-order valence-electron chi connectivity index (χ2n) is 4.03. The van der Waals surface area contributed by atoms with E-state index in [1.54, 1.807) is 31.6 Å². The van der Waals surface area contributed by atoms with Gasteiger partial charge in [0.1, 0.15) is 5.82 Å². The lowest BCUT2D eigenvalue weighted by atomic mass is 10.1. The molecule has 0 aliphatic carbocycles. The lowest BCUT2D eigenvalue weighted by molar-refractivity contribution is 0.0934. The third-order valence-corrected chi connectivity index (χ3v) is 2.71. The Balaban J connectivity index is 2.04. The number of aromatic nitrogens is 3. The Morgan fingerprint density at radius 1 is 1.16 bits per heavy atom. The molecule has 0 aliphatic heterocycles. The minimum atomic E-state index is -0.250. The fraction of sp³-hybridized carbons (Fsp3) is 0.231. The number of hydrogen-bond donors (Lipinski definition) is 2. The SMILES string of the molecule is CNc1ccc(C(=O)NC(C)c2ccncc2)nn1. The van der Waals surface area contributed by atoms with Crippen molar-refractivity contribution >= 4 is 11.7 Å². The maximum absolute atomic E-state index is 12.0. The Hall–Kier alpha value is -2.50. The van der Waals surface area contributed by atoms with Gasteiger partial charge in [0.15, 0.2) is 5.69 Å². The number of anilines is 1. The number of hydrogen-bond acceptors (Lipinski definition) is 5. The predicted molar refractivity (Wildman–Crippen MR) is 71.7 cm³/mol. The minimum Gasteiger partial charge on any atom is -0.372 e. The Kier molecular flexibility index (Phi) is 4.02. The first-order valence-electron chi connectivity index (χ1n) is 5.93. The van der Waals surface area contributed by atoms with Gasteiger partial charge in [-0.05, 0) is 36.8 Å². The van der Waals surface area contributed by atoms with Crippen LogP contribution in [0.3, 0.4) is 0 Å². The molecule has 2 heterocycles. The largest absolute Gasteiger partial charge is 0.372 e. The van der Waals surface area contributed by atoms with Gasteiger partial charge in [0.2, 0.25) is 0 Å². The van der Waals surface area contributed by atoms with Crippen LogP contribution < -0.4 is 10.6 Å². The maximum Gasteiger partial charge on any atom is 0.272 e. The van der Waals surface area contributed by atoms with E-state index in [1.807, 2.05) is 19.1 Å². The van der Waals surface area contributed by atoms with Crippen LogP contribution in [0, 0.1) is 0 Å². The van der Waals surface area contributed by atoms with Gasteiger partial charge >= 0.3 is 0 Å². The summed E-state index contributed by atoms with van der Waals surface area (Å²) in [7, 11) is 1.75. The molecule has 0 saturated carbocycles. The van der Waals surface area contributed by atoms with Crippen LogP contribution in [0.25, 0.3) is 0 Å².